The molecule has 2 rings (SSSR count). The minimum Gasteiger partial charge on any atom is -0.319 e. The molecule has 0 saturated heterocycles. The van der Waals surface area contributed by atoms with E-state index in [-0.39, 0.29) is 10.6 Å². The zero-order chi connectivity index (χ0) is 15.8. The standard InChI is InChI=1S/C12H10BrFN2O3S2/c1-6-4-10(20-11(6)13)12(17)16-9-5-7(21(15,18)19)2-3-8(9)14/h2-5H,1H3,(H,16,17)(H2,15,18,19). The van der Waals surface area contributed by atoms with Crippen molar-refractivity contribution in [3.8, 4) is 0 Å². The number of primary sulfonamides is 1. The van der Waals surface area contributed by atoms with Crippen LogP contribution in [0.25, 0.3) is 0 Å². The van der Waals surface area contributed by atoms with Crippen LogP contribution in [0.1, 0.15) is 15.2 Å². The van der Waals surface area contributed by atoms with Crippen molar-refractivity contribution >= 4 is 48.9 Å². The van der Waals surface area contributed by atoms with Gasteiger partial charge in [0.2, 0.25) is 10.0 Å². The molecule has 0 radical (unpaired) electrons. The molecular formula is C12H10BrFN2O3S2. The van der Waals surface area contributed by atoms with Gasteiger partial charge in [-0.1, -0.05) is 0 Å². The first-order valence-electron chi connectivity index (χ1n) is 5.58. The first-order chi connectivity index (χ1) is 9.68. The Morgan fingerprint density at radius 3 is 2.57 bits per heavy atom. The molecular weight excluding hydrogens is 383 g/mol. The van der Waals surface area contributed by atoms with Crippen LogP contribution in [0.15, 0.2) is 32.9 Å². The summed E-state index contributed by atoms with van der Waals surface area (Å²) in [6.45, 7) is 1.82. The number of hydrogen-bond donors (Lipinski definition) is 2. The highest BCUT2D eigenvalue weighted by atomic mass is 79.9. The molecule has 0 atom stereocenters. The molecule has 0 bridgehead atoms. The molecule has 1 heterocycles. The van der Waals surface area contributed by atoms with Crippen molar-refractivity contribution in [1.82, 2.24) is 0 Å². The van der Waals surface area contributed by atoms with Gasteiger partial charge in [-0.25, -0.2) is 17.9 Å². The Labute approximate surface area is 133 Å². The number of anilines is 1. The van der Waals surface area contributed by atoms with Crippen LogP contribution in [0.5, 0.6) is 0 Å². The Morgan fingerprint density at radius 2 is 2.05 bits per heavy atom. The number of rotatable bonds is 3. The van der Waals surface area contributed by atoms with Gasteiger partial charge in [0, 0.05) is 0 Å². The highest BCUT2D eigenvalue weighted by Gasteiger charge is 2.16. The van der Waals surface area contributed by atoms with Gasteiger partial charge in [0.25, 0.3) is 5.91 Å². The maximum Gasteiger partial charge on any atom is 0.265 e. The van der Waals surface area contributed by atoms with Crippen LogP contribution in [0.2, 0.25) is 0 Å². The van der Waals surface area contributed by atoms with Crippen molar-refractivity contribution in [3.63, 3.8) is 0 Å². The van der Waals surface area contributed by atoms with Gasteiger partial charge in [-0.05, 0) is 52.7 Å². The summed E-state index contributed by atoms with van der Waals surface area (Å²) in [6.07, 6.45) is 0. The van der Waals surface area contributed by atoms with E-state index in [2.05, 4.69) is 21.2 Å². The monoisotopic (exact) mass is 392 g/mol. The van der Waals surface area contributed by atoms with Crippen molar-refractivity contribution in [2.75, 3.05) is 5.32 Å². The predicted molar refractivity (Wildman–Crippen MR) is 82.5 cm³/mol. The van der Waals surface area contributed by atoms with E-state index in [9.17, 15) is 17.6 Å². The molecule has 0 fully saturated rings. The summed E-state index contributed by atoms with van der Waals surface area (Å²) < 4.78 is 36.9. The SMILES string of the molecule is Cc1cc(C(=O)Nc2cc(S(N)(=O)=O)ccc2F)sc1Br. The Hall–Kier alpha value is -1.29. The van der Waals surface area contributed by atoms with E-state index in [1.807, 2.05) is 6.92 Å². The molecule has 2 aromatic rings. The van der Waals surface area contributed by atoms with Gasteiger partial charge in [0.15, 0.2) is 0 Å². The number of benzene rings is 1. The van der Waals surface area contributed by atoms with Crippen LogP contribution in [0.4, 0.5) is 10.1 Å². The average molecular weight is 393 g/mol. The number of carbonyl (C=O) groups excluding carboxylic acids is 1. The first kappa shape index (κ1) is 16.1. The van der Waals surface area contributed by atoms with Gasteiger partial charge < -0.3 is 5.32 Å². The third-order valence-corrected chi connectivity index (χ3v) is 5.64. The van der Waals surface area contributed by atoms with Gasteiger partial charge >= 0.3 is 0 Å². The molecule has 1 amide bonds. The molecule has 5 nitrogen and oxygen atoms in total. The van der Waals surface area contributed by atoms with E-state index < -0.39 is 21.7 Å². The van der Waals surface area contributed by atoms with Crippen LogP contribution in [0, 0.1) is 12.7 Å². The number of carbonyl (C=O) groups is 1. The van der Waals surface area contributed by atoms with Gasteiger partial charge in [-0.2, -0.15) is 0 Å². The highest BCUT2D eigenvalue weighted by molar-refractivity contribution is 9.11. The minimum absolute atomic E-state index is 0.242. The van der Waals surface area contributed by atoms with Crippen LogP contribution in [-0.2, 0) is 10.0 Å². The third-order valence-electron chi connectivity index (χ3n) is 2.60. The Morgan fingerprint density at radius 1 is 1.38 bits per heavy atom. The lowest BCUT2D eigenvalue weighted by molar-refractivity contribution is 0.103. The summed E-state index contributed by atoms with van der Waals surface area (Å²) in [7, 11) is -3.97. The maximum atomic E-state index is 13.7. The Kier molecular flexibility index (Phi) is 4.47. The second kappa shape index (κ2) is 5.84. The third kappa shape index (κ3) is 3.67. The number of nitrogens with one attached hydrogen (secondary N) is 1. The molecule has 0 unspecified atom stereocenters. The van der Waals surface area contributed by atoms with Crippen molar-refractivity contribution in [3.05, 3.63) is 44.3 Å². The van der Waals surface area contributed by atoms with Crippen LogP contribution < -0.4 is 10.5 Å². The molecule has 1 aromatic heterocycles. The summed E-state index contributed by atoms with van der Waals surface area (Å²) in [4.78, 5) is 12.1. The fraction of sp³-hybridized carbons (Fsp3) is 0.0833. The van der Waals surface area contributed by atoms with Gasteiger partial charge in [-0.15, -0.1) is 11.3 Å². The lowest BCUT2D eigenvalue weighted by Crippen LogP contribution is -2.15. The summed E-state index contributed by atoms with van der Waals surface area (Å²) >= 11 is 4.49. The van der Waals surface area contributed by atoms with E-state index in [1.165, 1.54) is 11.3 Å². The normalized spacial score (nSPS) is 11.4. The molecule has 0 saturated carbocycles. The molecule has 0 aliphatic carbocycles. The maximum absolute atomic E-state index is 13.7. The van der Waals surface area contributed by atoms with Gasteiger partial charge in [-0.3, -0.25) is 4.79 Å². The lowest BCUT2D eigenvalue weighted by Gasteiger charge is -2.07. The molecule has 0 spiro atoms. The molecule has 21 heavy (non-hydrogen) atoms. The fourth-order valence-corrected chi connectivity index (χ4v) is 3.50. The smallest absolute Gasteiger partial charge is 0.265 e. The summed E-state index contributed by atoms with van der Waals surface area (Å²) in [5, 5.41) is 7.31. The van der Waals surface area contributed by atoms with Gasteiger partial charge in [0.05, 0.1) is 19.2 Å². The number of thiophene rings is 1. The van der Waals surface area contributed by atoms with E-state index in [1.54, 1.807) is 6.07 Å². The highest BCUT2D eigenvalue weighted by Crippen LogP contribution is 2.28. The molecule has 1 aromatic carbocycles. The topological polar surface area (TPSA) is 89.3 Å². The minimum atomic E-state index is -3.97. The van der Waals surface area contributed by atoms with Crippen LogP contribution >= 0.6 is 27.3 Å². The van der Waals surface area contributed by atoms with Crippen LogP contribution in [0.3, 0.4) is 0 Å². The largest absolute Gasteiger partial charge is 0.319 e. The van der Waals surface area contributed by atoms with Crippen molar-refractivity contribution in [1.29, 1.82) is 0 Å². The quantitative estimate of drug-likeness (QED) is 0.841. The first-order valence-corrected chi connectivity index (χ1v) is 8.73. The number of aryl methyl sites for hydroxylation is 1. The summed E-state index contributed by atoms with van der Waals surface area (Å²) in [5.41, 5.74) is 0.637. The van der Waals surface area contributed by atoms with Crippen molar-refractivity contribution < 1.29 is 17.6 Å². The number of hydrogen-bond acceptors (Lipinski definition) is 4. The van der Waals surface area contributed by atoms with E-state index in [0.717, 1.165) is 27.5 Å². The van der Waals surface area contributed by atoms with Crippen LogP contribution in [-0.4, -0.2) is 14.3 Å². The Bertz CT molecular complexity index is 798. The number of nitrogens with two attached hydrogens (primary N) is 1. The second-order valence-electron chi connectivity index (χ2n) is 4.21. The number of halogens is 2. The molecule has 3 N–H and O–H groups in total. The van der Waals surface area contributed by atoms with E-state index in [0.29, 0.717) is 4.88 Å². The molecule has 9 heteroatoms. The fourth-order valence-electron chi connectivity index (χ4n) is 1.53. The molecule has 112 valence electrons. The summed E-state index contributed by atoms with van der Waals surface area (Å²) in [5.74, 6) is -1.28. The number of amides is 1. The lowest BCUT2D eigenvalue weighted by atomic mass is 10.3. The predicted octanol–water partition coefficient (Wildman–Crippen LogP) is 2.86. The number of sulfonamides is 1. The zero-order valence-corrected chi connectivity index (χ0v) is 13.9. The Balaban J connectivity index is 2.33. The van der Waals surface area contributed by atoms with Gasteiger partial charge in [0.1, 0.15) is 5.82 Å². The van der Waals surface area contributed by atoms with Crippen molar-refractivity contribution in [2.24, 2.45) is 5.14 Å². The zero-order valence-electron chi connectivity index (χ0n) is 10.7. The van der Waals surface area contributed by atoms with Crippen molar-refractivity contribution in [2.45, 2.75) is 11.8 Å². The average Bonchev–Trinajstić information content (AvgIpc) is 2.71. The second-order valence-corrected chi connectivity index (χ2v) is 8.14. The van der Waals surface area contributed by atoms with E-state index >= 15 is 0 Å². The molecule has 0 aliphatic heterocycles. The summed E-state index contributed by atoms with van der Waals surface area (Å²) in [6, 6.07) is 4.60. The molecule has 0 aliphatic rings. The van der Waals surface area contributed by atoms with E-state index in [4.69, 9.17) is 5.14 Å².